The number of rotatable bonds is 6. The first-order valence-corrected chi connectivity index (χ1v) is 7.96. The second kappa shape index (κ2) is 7.55. The molecule has 3 rings (SSSR count). The van der Waals surface area contributed by atoms with Crippen molar-refractivity contribution in [1.82, 2.24) is 19.7 Å². The molecule has 3 heterocycles. The lowest BCUT2D eigenvalue weighted by Crippen LogP contribution is -2.44. The quantitative estimate of drug-likeness (QED) is 0.799. The number of nitrogens with zero attached hydrogens (tertiary/aromatic N) is 4. The lowest BCUT2D eigenvalue weighted by Gasteiger charge is -2.33. The van der Waals surface area contributed by atoms with E-state index >= 15 is 0 Å². The van der Waals surface area contributed by atoms with Gasteiger partial charge in [0.2, 0.25) is 5.91 Å². The summed E-state index contributed by atoms with van der Waals surface area (Å²) in [4.78, 5) is 18.3. The van der Waals surface area contributed by atoms with E-state index in [2.05, 4.69) is 10.1 Å². The Balaban J connectivity index is 1.62. The molecule has 0 saturated heterocycles. The summed E-state index contributed by atoms with van der Waals surface area (Å²) in [7, 11) is 1.53. The smallest absolute Gasteiger partial charge is 0.248 e. The second-order valence-corrected chi connectivity index (χ2v) is 5.91. The van der Waals surface area contributed by atoms with Crippen molar-refractivity contribution < 1.29 is 14.3 Å². The summed E-state index contributed by atoms with van der Waals surface area (Å²) >= 11 is 0. The van der Waals surface area contributed by atoms with Gasteiger partial charge in [0.15, 0.2) is 0 Å². The largest absolute Gasteiger partial charge is 0.375 e. The van der Waals surface area contributed by atoms with Gasteiger partial charge in [0.1, 0.15) is 6.61 Å². The number of aromatic nitrogens is 3. The minimum Gasteiger partial charge on any atom is -0.375 e. The van der Waals surface area contributed by atoms with E-state index in [9.17, 15) is 4.79 Å². The molecule has 0 saturated carbocycles. The molecular weight excluding hydrogens is 308 g/mol. The van der Waals surface area contributed by atoms with Crippen LogP contribution in [-0.4, -0.2) is 52.4 Å². The van der Waals surface area contributed by atoms with Crippen molar-refractivity contribution in [1.29, 1.82) is 0 Å². The average Bonchev–Trinajstić information content (AvgIpc) is 3.04. The minimum atomic E-state index is -0.0182. The van der Waals surface area contributed by atoms with Crippen molar-refractivity contribution in [2.24, 2.45) is 0 Å². The molecule has 2 aromatic rings. The van der Waals surface area contributed by atoms with Crippen molar-refractivity contribution in [3.05, 3.63) is 47.5 Å². The Morgan fingerprint density at radius 3 is 3.04 bits per heavy atom. The van der Waals surface area contributed by atoms with Gasteiger partial charge in [-0.15, -0.1) is 0 Å². The number of carbonyl (C=O) groups excluding carboxylic acids is 1. The minimum absolute atomic E-state index is 0.00522. The zero-order chi connectivity index (χ0) is 16.9. The van der Waals surface area contributed by atoms with Crippen LogP contribution in [-0.2, 0) is 27.4 Å². The Kier molecular flexibility index (Phi) is 5.22. The molecule has 128 valence electrons. The van der Waals surface area contributed by atoms with Gasteiger partial charge in [-0.1, -0.05) is 6.07 Å². The van der Waals surface area contributed by atoms with Crippen LogP contribution >= 0.6 is 0 Å². The van der Waals surface area contributed by atoms with Crippen molar-refractivity contribution in [2.45, 2.75) is 26.1 Å². The number of ether oxygens (including phenoxy) is 2. The van der Waals surface area contributed by atoms with Gasteiger partial charge in [-0.25, -0.2) is 0 Å². The molecule has 24 heavy (non-hydrogen) atoms. The van der Waals surface area contributed by atoms with Crippen LogP contribution in [0.4, 0.5) is 0 Å². The lowest BCUT2D eigenvalue weighted by atomic mass is 10.2. The van der Waals surface area contributed by atoms with Gasteiger partial charge in [0, 0.05) is 25.5 Å². The van der Waals surface area contributed by atoms with Crippen molar-refractivity contribution in [3.63, 3.8) is 0 Å². The zero-order valence-corrected chi connectivity index (χ0v) is 14.0. The van der Waals surface area contributed by atoms with Gasteiger partial charge in [0.05, 0.1) is 37.2 Å². The number of amides is 1. The fourth-order valence-corrected chi connectivity index (χ4v) is 2.89. The number of fused-ring (bicyclic) bond motifs is 1. The van der Waals surface area contributed by atoms with Crippen LogP contribution in [0, 0.1) is 6.92 Å². The number of aryl methyl sites for hydroxylation is 1. The molecule has 0 aromatic carbocycles. The van der Waals surface area contributed by atoms with E-state index in [0.29, 0.717) is 26.3 Å². The Morgan fingerprint density at radius 2 is 2.25 bits per heavy atom. The van der Waals surface area contributed by atoms with Gasteiger partial charge >= 0.3 is 0 Å². The normalized spacial score (nSPS) is 16.9. The molecule has 0 radical (unpaired) electrons. The molecule has 1 aliphatic rings. The third kappa shape index (κ3) is 3.80. The van der Waals surface area contributed by atoms with Crippen LogP contribution in [0.3, 0.4) is 0 Å². The fourth-order valence-electron chi connectivity index (χ4n) is 2.89. The van der Waals surface area contributed by atoms with Gasteiger partial charge in [-0.2, -0.15) is 5.10 Å². The molecule has 0 spiro atoms. The zero-order valence-electron chi connectivity index (χ0n) is 14.0. The molecule has 7 nitrogen and oxygen atoms in total. The van der Waals surface area contributed by atoms with E-state index in [1.54, 1.807) is 11.1 Å². The molecule has 0 bridgehead atoms. The maximum atomic E-state index is 12.1. The number of hydrogen-bond donors (Lipinski definition) is 0. The highest BCUT2D eigenvalue weighted by atomic mass is 16.5. The molecule has 0 N–H and O–H groups in total. The summed E-state index contributed by atoms with van der Waals surface area (Å²) in [5.41, 5.74) is 2.88. The fraction of sp³-hybridized carbons (Fsp3) is 0.471. The first-order valence-electron chi connectivity index (χ1n) is 7.96. The molecule has 0 aliphatic carbocycles. The maximum absolute atomic E-state index is 12.1. The summed E-state index contributed by atoms with van der Waals surface area (Å²) in [6.07, 6.45) is 1.76. The Labute approximate surface area is 141 Å². The molecule has 0 unspecified atom stereocenters. The predicted octanol–water partition coefficient (Wildman–Crippen LogP) is 1.33. The Hall–Kier alpha value is -2.25. The highest BCUT2D eigenvalue weighted by Crippen LogP contribution is 2.21. The van der Waals surface area contributed by atoms with E-state index in [1.165, 1.54) is 7.11 Å². The third-order valence-electron chi connectivity index (χ3n) is 4.01. The highest BCUT2D eigenvalue weighted by molar-refractivity contribution is 5.77. The molecule has 7 heteroatoms. The van der Waals surface area contributed by atoms with Crippen LogP contribution in [0.5, 0.6) is 0 Å². The van der Waals surface area contributed by atoms with Crippen LogP contribution < -0.4 is 0 Å². The summed E-state index contributed by atoms with van der Waals surface area (Å²) < 4.78 is 12.7. The summed E-state index contributed by atoms with van der Waals surface area (Å²) in [5.74, 6) is -0.0182. The lowest BCUT2D eigenvalue weighted by molar-refractivity contribution is -0.137. The molecule has 2 aromatic heterocycles. The predicted molar refractivity (Wildman–Crippen MR) is 87.2 cm³/mol. The summed E-state index contributed by atoms with van der Waals surface area (Å²) in [5, 5.41) is 4.37. The topological polar surface area (TPSA) is 69.5 Å². The number of carbonyl (C=O) groups is 1. The highest BCUT2D eigenvalue weighted by Gasteiger charge is 2.28. The van der Waals surface area contributed by atoms with Crippen LogP contribution in [0.2, 0.25) is 0 Å². The maximum Gasteiger partial charge on any atom is 0.248 e. The van der Waals surface area contributed by atoms with E-state index in [0.717, 1.165) is 17.1 Å². The molecule has 0 fully saturated rings. The van der Waals surface area contributed by atoms with E-state index < -0.39 is 0 Å². The van der Waals surface area contributed by atoms with Crippen LogP contribution in [0.15, 0.2) is 30.5 Å². The van der Waals surface area contributed by atoms with E-state index in [1.807, 2.05) is 35.9 Å². The van der Waals surface area contributed by atoms with E-state index in [-0.39, 0.29) is 18.6 Å². The van der Waals surface area contributed by atoms with Crippen molar-refractivity contribution in [2.75, 3.05) is 26.9 Å². The third-order valence-corrected chi connectivity index (χ3v) is 4.01. The van der Waals surface area contributed by atoms with E-state index in [4.69, 9.17) is 9.47 Å². The monoisotopic (exact) mass is 330 g/mol. The summed E-state index contributed by atoms with van der Waals surface area (Å²) in [6, 6.07) is 7.80. The SMILES string of the molecule is COCC(=O)N1Cc2ccnn2[C@@H](COCc2cccc(C)n2)C1. The van der Waals surface area contributed by atoms with Gasteiger partial charge in [0.25, 0.3) is 0 Å². The second-order valence-electron chi connectivity index (χ2n) is 5.91. The molecular formula is C17H22N4O3. The van der Waals surface area contributed by atoms with Crippen molar-refractivity contribution in [3.8, 4) is 0 Å². The number of hydrogen-bond acceptors (Lipinski definition) is 5. The first-order chi connectivity index (χ1) is 11.7. The number of pyridine rings is 1. The van der Waals surface area contributed by atoms with Gasteiger partial charge in [-0.05, 0) is 25.1 Å². The van der Waals surface area contributed by atoms with Gasteiger partial charge in [-0.3, -0.25) is 14.5 Å². The summed E-state index contributed by atoms with van der Waals surface area (Å²) in [6.45, 7) is 4.09. The molecule has 1 amide bonds. The first kappa shape index (κ1) is 16.6. The van der Waals surface area contributed by atoms with Crippen LogP contribution in [0.25, 0.3) is 0 Å². The average molecular weight is 330 g/mol. The number of methoxy groups -OCH3 is 1. The molecule has 1 aliphatic heterocycles. The Bertz CT molecular complexity index is 701. The molecule has 1 atom stereocenters. The van der Waals surface area contributed by atoms with Crippen LogP contribution in [0.1, 0.15) is 23.1 Å². The standard InChI is InChI=1S/C17H22N4O3/c1-13-4-3-5-14(19-13)10-24-11-16-9-20(17(22)12-23-2)8-15-6-7-18-21(15)16/h3-7,16H,8-12H2,1-2H3/t16-/m1/s1. The van der Waals surface area contributed by atoms with Gasteiger partial charge < -0.3 is 14.4 Å². The van der Waals surface area contributed by atoms with Crippen molar-refractivity contribution >= 4 is 5.91 Å². The Morgan fingerprint density at radius 1 is 1.38 bits per heavy atom.